The molecule has 0 amide bonds. The minimum absolute atomic E-state index is 0.119. The maximum absolute atomic E-state index is 6.03. The molecule has 0 aliphatic carbocycles. The molecule has 2 heterocycles. The van der Waals surface area contributed by atoms with Crippen LogP contribution in [0.1, 0.15) is 50.7 Å². The summed E-state index contributed by atoms with van der Waals surface area (Å²) in [6, 6.07) is 4.10. The molecule has 0 fully saturated rings. The first-order chi connectivity index (χ1) is 9.79. The summed E-state index contributed by atoms with van der Waals surface area (Å²) in [6.07, 6.45) is 3.57. The summed E-state index contributed by atoms with van der Waals surface area (Å²) < 4.78 is 0. The number of pyridine rings is 1. The smallest absolute Gasteiger partial charge is 0.138 e. The molecule has 112 valence electrons. The van der Waals surface area contributed by atoms with E-state index in [9.17, 15) is 0 Å². The van der Waals surface area contributed by atoms with Gasteiger partial charge in [0.2, 0.25) is 0 Å². The Morgan fingerprint density at radius 3 is 2.33 bits per heavy atom. The van der Waals surface area contributed by atoms with Crippen LogP contribution >= 0.6 is 0 Å². The lowest BCUT2D eigenvalue weighted by Gasteiger charge is -2.22. The molecule has 5 heteroatoms. The topological polar surface area (TPSA) is 76.7 Å². The van der Waals surface area contributed by atoms with Gasteiger partial charge < -0.3 is 11.1 Å². The summed E-state index contributed by atoms with van der Waals surface area (Å²) in [4.78, 5) is 13.1. The van der Waals surface area contributed by atoms with Gasteiger partial charge in [0.05, 0.1) is 6.04 Å². The Kier molecular flexibility index (Phi) is 4.11. The molecule has 1 atom stereocenters. The van der Waals surface area contributed by atoms with Crippen molar-refractivity contribution in [2.75, 3.05) is 11.1 Å². The molecule has 0 aliphatic rings. The zero-order chi connectivity index (χ0) is 15.6. The number of rotatable bonds is 3. The lowest BCUT2D eigenvalue weighted by molar-refractivity contribution is 0.546. The van der Waals surface area contributed by atoms with Crippen molar-refractivity contribution in [1.82, 2.24) is 15.0 Å². The number of hydrogen-bond donors (Lipinski definition) is 2. The van der Waals surface area contributed by atoms with Crippen LogP contribution in [0.3, 0.4) is 0 Å². The van der Waals surface area contributed by atoms with Gasteiger partial charge in [0.15, 0.2) is 0 Å². The number of nitrogens with one attached hydrogen (secondary N) is 1. The van der Waals surface area contributed by atoms with Crippen LogP contribution in [-0.4, -0.2) is 15.0 Å². The SMILES string of the molecule is Cc1c(N)nc(C(C)(C)C)nc1NC(C)c1ccncc1. The molecule has 0 aliphatic heterocycles. The van der Waals surface area contributed by atoms with E-state index in [2.05, 4.69) is 48.0 Å². The van der Waals surface area contributed by atoms with Crippen LogP contribution in [0.5, 0.6) is 0 Å². The Bertz CT molecular complexity index is 617. The molecule has 3 N–H and O–H groups in total. The lowest BCUT2D eigenvalue weighted by atomic mass is 9.95. The molecule has 0 saturated heterocycles. The molecule has 21 heavy (non-hydrogen) atoms. The maximum Gasteiger partial charge on any atom is 0.138 e. The van der Waals surface area contributed by atoms with Crippen LogP contribution in [0.25, 0.3) is 0 Å². The first-order valence-corrected chi connectivity index (χ1v) is 7.10. The van der Waals surface area contributed by atoms with E-state index >= 15 is 0 Å². The Labute approximate surface area is 126 Å². The van der Waals surface area contributed by atoms with E-state index < -0.39 is 0 Å². The average molecular weight is 285 g/mol. The fraction of sp³-hybridized carbons (Fsp3) is 0.438. The van der Waals surface area contributed by atoms with Crippen LogP contribution in [0.4, 0.5) is 11.6 Å². The zero-order valence-electron chi connectivity index (χ0n) is 13.3. The highest BCUT2D eigenvalue weighted by atomic mass is 15.1. The van der Waals surface area contributed by atoms with Gasteiger partial charge in [-0.1, -0.05) is 20.8 Å². The third-order valence-electron chi connectivity index (χ3n) is 3.41. The molecule has 2 aromatic rings. The van der Waals surface area contributed by atoms with Crippen LogP contribution in [0.15, 0.2) is 24.5 Å². The molecule has 1 unspecified atom stereocenters. The second-order valence-electron chi connectivity index (χ2n) is 6.30. The van der Waals surface area contributed by atoms with Gasteiger partial charge >= 0.3 is 0 Å². The third kappa shape index (κ3) is 3.48. The van der Waals surface area contributed by atoms with Gasteiger partial charge in [-0.3, -0.25) is 4.98 Å². The summed E-state index contributed by atoms with van der Waals surface area (Å²) in [5, 5.41) is 3.42. The molecule has 2 rings (SSSR count). The Morgan fingerprint density at radius 2 is 1.76 bits per heavy atom. The zero-order valence-corrected chi connectivity index (χ0v) is 13.3. The van der Waals surface area contributed by atoms with E-state index in [1.54, 1.807) is 12.4 Å². The highest BCUT2D eigenvalue weighted by molar-refractivity contribution is 5.56. The van der Waals surface area contributed by atoms with Crippen molar-refractivity contribution in [2.45, 2.75) is 46.1 Å². The second kappa shape index (κ2) is 5.68. The van der Waals surface area contributed by atoms with Crippen molar-refractivity contribution in [3.8, 4) is 0 Å². The fourth-order valence-electron chi connectivity index (χ4n) is 1.95. The first kappa shape index (κ1) is 15.2. The highest BCUT2D eigenvalue weighted by Crippen LogP contribution is 2.27. The number of aromatic nitrogens is 3. The van der Waals surface area contributed by atoms with Crippen LogP contribution in [0.2, 0.25) is 0 Å². The van der Waals surface area contributed by atoms with E-state index in [4.69, 9.17) is 5.73 Å². The van der Waals surface area contributed by atoms with E-state index in [0.717, 1.165) is 22.8 Å². The fourth-order valence-corrected chi connectivity index (χ4v) is 1.95. The van der Waals surface area contributed by atoms with Gasteiger partial charge in [0, 0.05) is 23.4 Å². The standard InChI is InChI=1S/C16H23N5/c1-10-13(17)20-15(16(3,4)5)21-14(10)19-11(2)12-6-8-18-9-7-12/h6-9,11H,1-5H3,(H3,17,19,20,21). The Hall–Kier alpha value is -2.17. The summed E-state index contributed by atoms with van der Waals surface area (Å²) in [5.41, 5.74) is 7.92. The predicted octanol–water partition coefficient (Wildman–Crippen LogP) is 3.23. The first-order valence-electron chi connectivity index (χ1n) is 7.10. The monoisotopic (exact) mass is 285 g/mol. The molecular weight excluding hydrogens is 262 g/mol. The molecule has 0 radical (unpaired) electrons. The van der Waals surface area contributed by atoms with Gasteiger partial charge in [0.25, 0.3) is 0 Å². The van der Waals surface area contributed by atoms with Crippen molar-refractivity contribution in [3.63, 3.8) is 0 Å². The van der Waals surface area contributed by atoms with Gasteiger partial charge in [-0.25, -0.2) is 9.97 Å². The number of nitrogens with two attached hydrogens (primary N) is 1. The maximum atomic E-state index is 6.03. The largest absolute Gasteiger partial charge is 0.383 e. The highest BCUT2D eigenvalue weighted by Gasteiger charge is 2.21. The molecule has 0 spiro atoms. The normalized spacial score (nSPS) is 13.0. The van der Waals surface area contributed by atoms with E-state index in [-0.39, 0.29) is 11.5 Å². The van der Waals surface area contributed by atoms with E-state index in [1.807, 2.05) is 19.1 Å². The van der Waals surface area contributed by atoms with Crippen LogP contribution < -0.4 is 11.1 Å². The number of hydrogen-bond acceptors (Lipinski definition) is 5. The van der Waals surface area contributed by atoms with Gasteiger partial charge in [0.1, 0.15) is 17.5 Å². The quantitative estimate of drug-likeness (QED) is 0.905. The average Bonchev–Trinajstić information content (AvgIpc) is 2.43. The second-order valence-corrected chi connectivity index (χ2v) is 6.30. The molecule has 0 aromatic carbocycles. The summed E-state index contributed by atoms with van der Waals surface area (Å²) in [5.74, 6) is 2.06. The minimum Gasteiger partial charge on any atom is -0.383 e. The summed E-state index contributed by atoms with van der Waals surface area (Å²) >= 11 is 0. The molecule has 0 saturated carbocycles. The van der Waals surface area contributed by atoms with Crippen LogP contribution in [0, 0.1) is 6.92 Å². The van der Waals surface area contributed by atoms with E-state index in [1.165, 1.54) is 0 Å². The van der Waals surface area contributed by atoms with Crippen molar-refractivity contribution in [2.24, 2.45) is 0 Å². The minimum atomic E-state index is -0.141. The number of nitrogens with zero attached hydrogens (tertiary/aromatic N) is 3. The number of anilines is 2. The molecule has 0 bridgehead atoms. The Balaban J connectivity index is 2.33. The van der Waals surface area contributed by atoms with Crippen molar-refractivity contribution in [1.29, 1.82) is 0 Å². The summed E-state index contributed by atoms with van der Waals surface area (Å²) in [6.45, 7) is 10.3. The molecule has 5 nitrogen and oxygen atoms in total. The summed E-state index contributed by atoms with van der Waals surface area (Å²) in [7, 11) is 0. The van der Waals surface area contributed by atoms with Gasteiger partial charge in [-0.15, -0.1) is 0 Å². The Morgan fingerprint density at radius 1 is 1.14 bits per heavy atom. The van der Waals surface area contributed by atoms with Crippen molar-refractivity contribution < 1.29 is 0 Å². The number of nitrogen functional groups attached to an aromatic ring is 1. The van der Waals surface area contributed by atoms with Crippen molar-refractivity contribution in [3.05, 3.63) is 41.5 Å². The molecular formula is C16H23N5. The van der Waals surface area contributed by atoms with Gasteiger partial charge in [-0.2, -0.15) is 0 Å². The van der Waals surface area contributed by atoms with Crippen molar-refractivity contribution >= 4 is 11.6 Å². The van der Waals surface area contributed by atoms with Crippen LogP contribution in [-0.2, 0) is 5.41 Å². The van der Waals surface area contributed by atoms with E-state index in [0.29, 0.717) is 5.82 Å². The predicted molar refractivity (Wildman–Crippen MR) is 86.2 cm³/mol. The van der Waals surface area contributed by atoms with Gasteiger partial charge in [-0.05, 0) is 31.5 Å². The molecule has 2 aromatic heterocycles. The third-order valence-corrected chi connectivity index (χ3v) is 3.41. The lowest BCUT2D eigenvalue weighted by Crippen LogP contribution is -2.20.